The van der Waals surface area contributed by atoms with E-state index in [1.807, 2.05) is 30.0 Å². The molecule has 0 aromatic heterocycles. The van der Waals surface area contributed by atoms with Crippen LogP contribution < -0.4 is 10.2 Å². The lowest BCUT2D eigenvalue weighted by atomic mass is 9.83. The smallest absolute Gasteiger partial charge is 0.269 e. The monoisotopic (exact) mass is 458 g/mol. The molecule has 3 aliphatic rings. The van der Waals surface area contributed by atoms with E-state index in [-0.39, 0.29) is 34.4 Å². The lowest BCUT2D eigenvalue weighted by molar-refractivity contribution is -0.384. The number of likely N-dealkylation sites (tertiary alicyclic amines) is 1. The number of likely N-dealkylation sites (N-methyl/N-ethyl adjacent to an activating group) is 1. The van der Waals surface area contributed by atoms with Crippen molar-refractivity contribution in [1.82, 2.24) is 20.0 Å². The number of nitro groups is 1. The third-order valence-corrected chi connectivity index (χ3v) is 7.00. The summed E-state index contributed by atoms with van der Waals surface area (Å²) in [5.41, 5.74) is 1.86. The first-order valence-electron chi connectivity index (χ1n) is 11.8. The van der Waals surface area contributed by atoms with E-state index in [1.54, 1.807) is 6.07 Å². The molecule has 0 bridgehead atoms. The first-order chi connectivity index (χ1) is 15.8. The average molecular weight is 459 g/mol. The van der Waals surface area contributed by atoms with Gasteiger partial charge in [-0.3, -0.25) is 24.6 Å². The van der Waals surface area contributed by atoms with Gasteiger partial charge < -0.3 is 20.0 Å². The largest absolute Gasteiger partial charge is 0.365 e. The molecule has 4 rings (SSSR count). The Morgan fingerprint density at radius 3 is 2.64 bits per heavy atom. The number of piperazine rings is 1. The summed E-state index contributed by atoms with van der Waals surface area (Å²) in [6, 6.07) is 4.88. The zero-order chi connectivity index (χ0) is 23.5. The van der Waals surface area contributed by atoms with Gasteiger partial charge in [0, 0.05) is 63.6 Å². The molecule has 0 aliphatic carbocycles. The predicted octanol–water partition coefficient (Wildman–Crippen LogP) is 0.558. The fraction of sp³-hybridized carbons (Fsp3) is 0.652. The Hall–Kier alpha value is -2.72. The zero-order valence-electron chi connectivity index (χ0n) is 19.5. The zero-order valence-corrected chi connectivity index (χ0v) is 19.5. The van der Waals surface area contributed by atoms with Crippen LogP contribution in [0.3, 0.4) is 0 Å². The molecule has 0 spiro atoms. The summed E-state index contributed by atoms with van der Waals surface area (Å²) in [5.74, 6) is -0.192. The highest BCUT2D eigenvalue weighted by atomic mass is 16.6. The van der Waals surface area contributed by atoms with Crippen molar-refractivity contribution in [1.29, 1.82) is 0 Å². The van der Waals surface area contributed by atoms with E-state index in [9.17, 15) is 19.7 Å². The molecule has 0 radical (unpaired) electrons. The van der Waals surface area contributed by atoms with Gasteiger partial charge >= 0.3 is 0 Å². The summed E-state index contributed by atoms with van der Waals surface area (Å²) >= 11 is 0. The van der Waals surface area contributed by atoms with Crippen LogP contribution in [0.15, 0.2) is 18.2 Å². The van der Waals surface area contributed by atoms with Crippen LogP contribution in [-0.4, -0.2) is 104 Å². The number of rotatable bonds is 7. The number of benzene rings is 1. The lowest BCUT2D eigenvalue weighted by Gasteiger charge is -2.49. The molecule has 1 aromatic carbocycles. The maximum absolute atomic E-state index is 13.2. The van der Waals surface area contributed by atoms with Gasteiger partial charge in [-0.25, -0.2) is 0 Å². The Balaban J connectivity index is 1.53. The van der Waals surface area contributed by atoms with E-state index >= 15 is 0 Å². The van der Waals surface area contributed by atoms with E-state index in [0.29, 0.717) is 32.6 Å². The van der Waals surface area contributed by atoms with E-state index in [4.69, 9.17) is 0 Å². The normalized spacial score (nSPS) is 22.8. The Kier molecular flexibility index (Phi) is 7.14. The minimum atomic E-state index is -0.388. The number of carbonyl (C=O) groups excluding carboxylic acids is 2. The molecule has 33 heavy (non-hydrogen) atoms. The number of fused-ring (bicyclic) bond motifs is 3. The number of hydrogen-bond donors (Lipinski definition) is 1. The van der Waals surface area contributed by atoms with Crippen LogP contribution in [0.1, 0.15) is 18.4 Å². The molecule has 0 saturated carbocycles. The molecule has 1 N–H and O–H groups in total. The van der Waals surface area contributed by atoms with Crippen molar-refractivity contribution in [3.8, 4) is 0 Å². The minimum Gasteiger partial charge on any atom is -0.365 e. The first-order valence-corrected chi connectivity index (χ1v) is 11.8. The number of non-ortho nitro benzene ring substituents is 1. The molecule has 180 valence electrons. The van der Waals surface area contributed by atoms with Gasteiger partial charge in [0.05, 0.1) is 23.4 Å². The third-order valence-electron chi connectivity index (χ3n) is 7.00. The van der Waals surface area contributed by atoms with Crippen LogP contribution in [0, 0.1) is 16.0 Å². The summed E-state index contributed by atoms with van der Waals surface area (Å²) < 4.78 is 0. The fourth-order valence-corrected chi connectivity index (χ4v) is 5.22. The van der Waals surface area contributed by atoms with Crippen molar-refractivity contribution in [2.45, 2.75) is 25.3 Å². The molecule has 3 heterocycles. The maximum atomic E-state index is 13.2. The quantitative estimate of drug-likeness (QED) is 0.470. The Labute approximate surface area is 194 Å². The topological polar surface area (TPSA) is 102 Å². The van der Waals surface area contributed by atoms with Crippen molar-refractivity contribution in [2.24, 2.45) is 5.92 Å². The number of nitrogens with zero attached hydrogens (tertiary/aromatic N) is 5. The number of amides is 2. The molecule has 2 saturated heterocycles. The van der Waals surface area contributed by atoms with Crippen LogP contribution in [0.4, 0.5) is 11.4 Å². The summed E-state index contributed by atoms with van der Waals surface area (Å²) in [7, 11) is 3.92. The van der Waals surface area contributed by atoms with E-state index < -0.39 is 0 Å². The van der Waals surface area contributed by atoms with Gasteiger partial charge in [0.25, 0.3) is 5.69 Å². The van der Waals surface area contributed by atoms with Crippen molar-refractivity contribution >= 4 is 23.2 Å². The van der Waals surface area contributed by atoms with E-state index in [1.165, 1.54) is 6.07 Å². The van der Waals surface area contributed by atoms with Crippen LogP contribution in [0.2, 0.25) is 0 Å². The van der Waals surface area contributed by atoms with Crippen LogP contribution >= 0.6 is 0 Å². The molecule has 1 aromatic rings. The SMILES string of the molecule is CN(C)CCNC(=O)[C@H]1Cc2cc([N+](=O)[O-])ccc2N2CCN(CC(=O)N3CCCC3)C[C@H]12. The molecule has 2 atom stereocenters. The summed E-state index contributed by atoms with van der Waals surface area (Å²) in [4.78, 5) is 45.2. The van der Waals surface area contributed by atoms with E-state index in [2.05, 4.69) is 15.1 Å². The van der Waals surface area contributed by atoms with Gasteiger partial charge in [-0.05, 0) is 45.0 Å². The number of nitrogens with one attached hydrogen (secondary N) is 1. The van der Waals surface area contributed by atoms with Crippen molar-refractivity contribution < 1.29 is 14.5 Å². The second-order valence-corrected chi connectivity index (χ2v) is 9.56. The van der Waals surface area contributed by atoms with Crippen LogP contribution in [-0.2, 0) is 16.0 Å². The molecule has 10 heteroatoms. The highest BCUT2D eigenvalue weighted by Gasteiger charge is 2.42. The Morgan fingerprint density at radius 1 is 1.18 bits per heavy atom. The molecule has 10 nitrogen and oxygen atoms in total. The summed E-state index contributed by atoms with van der Waals surface area (Å²) in [6.07, 6.45) is 2.60. The Bertz CT molecular complexity index is 901. The van der Waals surface area contributed by atoms with Crippen LogP contribution in [0.5, 0.6) is 0 Å². The van der Waals surface area contributed by atoms with Gasteiger partial charge in [0.2, 0.25) is 11.8 Å². The average Bonchev–Trinajstić information content (AvgIpc) is 3.33. The van der Waals surface area contributed by atoms with Crippen molar-refractivity contribution in [3.63, 3.8) is 0 Å². The summed E-state index contributed by atoms with van der Waals surface area (Å²) in [6.45, 7) is 5.38. The first kappa shape index (κ1) is 23.4. The molecular formula is C23H34N6O4. The number of hydrogen-bond acceptors (Lipinski definition) is 7. The predicted molar refractivity (Wildman–Crippen MR) is 125 cm³/mol. The maximum Gasteiger partial charge on any atom is 0.269 e. The fourth-order valence-electron chi connectivity index (χ4n) is 5.22. The second-order valence-electron chi connectivity index (χ2n) is 9.56. The molecular weight excluding hydrogens is 424 g/mol. The standard InChI is InChI=1S/C23H34N6O4/c1-25(2)10-7-24-23(31)19-14-17-13-18(29(32)33)5-6-20(17)28-12-11-26(15-21(19)28)16-22(30)27-8-3-4-9-27/h5-6,13,19,21H,3-4,7-12,14-16H2,1-2H3,(H,24,31)/t19-,21+/m0/s1. The molecule has 2 amide bonds. The Morgan fingerprint density at radius 2 is 1.94 bits per heavy atom. The molecule has 0 unspecified atom stereocenters. The minimum absolute atomic E-state index is 0.0308. The van der Waals surface area contributed by atoms with Crippen LogP contribution in [0.25, 0.3) is 0 Å². The van der Waals surface area contributed by atoms with Gasteiger partial charge in [-0.2, -0.15) is 0 Å². The number of carbonyl (C=O) groups is 2. The summed E-state index contributed by atoms with van der Waals surface area (Å²) in [5, 5.41) is 14.4. The highest BCUT2D eigenvalue weighted by molar-refractivity contribution is 5.82. The highest BCUT2D eigenvalue weighted by Crippen LogP contribution is 2.37. The van der Waals surface area contributed by atoms with Gasteiger partial charge in [0.1, 0.15) is 0 Å². The van der Waals surface area contributed by atoms with Crippen molar-refractivity contribution in [3.05, 3.63) is 33.9 Å². The van der Waals surface area contributed by atoms with Gasteiger partial charge in [0.15, 0.2) is 0 Å². The van der Waals surface area contributed by atoms with Gasteiger partial charge in [-0.15, -0.1) is 0 Å². The molecule has 2 fully saturated rings. The van der Waals surface area contributed by atoms with Gasteiger partial charge in [-0.1, -0.05) is 0 Å². The second kappa shape index (κ2) is 10.0. The van der Waals surface area contributed by atoms with Crippen molar-refractivity contribution in [2.75, 3.05) is 71.4 Å². The number of nitro benzene ring substituents is 1. The number of anilines is 1. The molecule has 3 aliphatic heterocycles. The lowest BCUT2D eigenvalue weighted by Crippen LogP contribution is -2.62. The van der Waals surface area contributed by atoms with E-state index in [0.717, 1.165) is 50.3 Å². The third kappa shape index (κ3) is 5.27.